The number of hydrogen-bond donors (Lipinski definition) is 2. The van der Waals surface area contributed by atoms with Crippen LogP contribution in [0.25, 0.3) is 0 Å². The van der Waals surface area contributed by atoms with Gasteiger partial charge in [0.05, 0.1) is 25.5 Å². The lowest BCUT2D eigenvalue weighted by molar-refractivity contribution is 0.0601. The molecule has 0 radical (unpaired) electrons. The molecule has 0 fully saturated rings. The Bertz CT molecular complexity index is 669. The summed E-state index contributed by atoms with van der Waals surface area (Å²) >= 11 is 0. The second-order valence-corrected chi connectivity index (χ2v) is 4.67. The monoisotopic (exact) mass is 298 g/mol. The molecule has 0 spiro atoms. The molecule has 0 unspecified atom stereocenters. The normalized spacial score (nSPS) is 9.91. The summed E-state index contributed by atoms with van der Waals surface area (Å²) in [7, 11) is 2.87. The molecule has 2 N–H and O–H groups in total. The van der Waals surface area contributed by atoms with Gasteiger partial charge in [-0.2, -0.15) is 0 Å². The maximum absolute atomic E-state index is 11.6. The van der Waals surface area contributed by atoms with Crippen LogP contribution in [0.5, 0.6) is 5.75 Å². The van der Waals surface area contributed by atoms with Crippen molar-refractivity contribution in [1.29, 1.82) is 5.41 Å². The van der Waals surface area contributed by atoms with E-state index in [9.17, 15) is 4.79 Å². The molecule has 5 nitrogen and oxygen atoms in total. The van der Waals surface area contributed by atoms with Crippen molar-refractivity contribution < 1.29 is 14.3 Å². The van der Waals surface area contributed by atoms with Crippen LogP contribution in [-0.4, -0.2) is 26.0 Å². The summed E-state index contributed by atoms with van der Waals surface area (Å²) in [5, 5.41) is 11.1. The summed E-state index contributed by atoms with van der Waals surface area (Å²) in [6.07, 6.45) is 0.465. The predicted molar refractivity (Wildman–Crippen MR) is 85.8 cm³/mol. The fourth-order valence-corrected chi connectivity index (χ4v) is 2.06. The standard InChI is InChI=1S/C17H18N2O3/c1-21-15-9-8-13(17(20)22-2)11-14(15)19-16(18)10-12-6-4-3-5-7-12/h3-9,11H,10H2,1-2H3,(H2,18,19). The molecule has 2 aromatic carbocycles. The Balaban J connectivity index is 2.16. The Morgan fingerprint density at radius 2 is 1.86 bits per heavy atom. The lowest BCUT2D eigenvalue weighted by Gasteiger charge is -2.13. The highest BCUT2D eigenvalue weighted by atomic mass is 16.5. The van der Waals surface area contributed by atoms with Crippen molar-refractivity contribution in [2.24, 2.45) is 0 Å². The van der Waals surface area contributed by atoms with Crippen LogP contribution in [0.1, 0.15) is 15.9 Å². The maximum Gasteiger partial charge on any atom is 0.337 e. The van der Waals surface area contributed by atoms with Gasteiger partial charge in [0, 0.05) is 6.42 Å². The predicted octanol–water partition coefficient (Wildman–Crippen LogP) is 3.11. The highest BCUT2D eigenvalue weighted by Gasteiger charge is 2.11. The van der Waals surface area contributed by atoms with E-state index >= 15 is 0 Å². The Kier molecular flexibility index (Phi) is 5.14. The molecule has 0 aromatic heterocycles. The minimum Gasteiger partial charge on any atom is -0.495 e. The van der Waals surface area contributed by atoms with Gasteiger partial charge in [-0.15, -0.1) is 0 Å². The lowest BCUT2D eigenvalue weighted by Crippen LogP contribution is -2.15. The van der Waals surface area contributed by atoms with Gasteiger partial charge in [-0.3, -0.25) is 5.41 Å². The fraction of sp³-hybridized carbons (Fsp3) is 0.176. The zero-order chi connectivity index (χ0) is 15.9. The first-order chi connectivity index (χ1) is 10.6. The van der Waals surface area contributed by atoms with Crippen LogP contribution < -0.4 is 10.1 Å². The molecule has 0 amide bonds. The first kappa shape index (κ1) is 15.6. The summed E-state index contributed by atoms with van der Waals surface area (Å²) in [6, 6.07) is 14.6. The van der Waals surface area contributed by atoms with Crippen LogP contribution >= 0.6 is 0 Å². The molecule has 0 aliphatic rings. The van der Waals surface area contributed by atoms with Crippen molar-refractivity contribution in [3.05, 3.63) is 59.7 Å². The highest BCUT2D eigenvalue weighted by Crippen LogP contribution is 2.26. The molecule has 2 aromatic rings. The molecule has 5 heteroatoms. The number of benzene rings is 2. The van der Waals surface area contributed by atoms with Gasteiger partial charge in [0.2, 0.25) is 0 Å². The van der Waals surface area contributed by atoms with Gasteiger partial charge in [0.25, 0.3) is 0 Å². The minimum atomic E-state index is -0.430. The van der Waals surface area contributed by atoms with E-state index < -0.39 is 5.97 Å². The van der Waals surface area contributed by atoms with Crippen molar-refractivity contribution >= 4 is 17.5 Å². The number of amidine groups is 1. The van der Waals surface area contributed by atoms with Crippen LogP contribution in [0.2, 0.25) is 0 Å². The summed E-state index contributed by atoms with van der Waals surface area (Å²) in [4.78, 5) is 11.6. The van der Waals surface area contributed by atoms with E-state index in [2.05, 4.69) is 5.32 Å². The molecule has 0 heterocycles. The molecule has 22 heavy (non-hydrogen) atoms. The molecule has 2 rings (SSSR count). The number of methoxy groups -OCH3 is 2. The average molecular weight is 298 g/mol. The van der Waals surface area contributed by atoms with E-state index in [1.807, 2.05) is 30.3 Å². The van der Waals surface area contributed by atoms with Gasteiger partial charge in [-0.05, 0) is 23.8 Å². The lowest BCUT2D eigenvalue weighted by atomic mass is 10.1. The van der Waals surface area contributed by atoms with Crippen LogP contribution in [-0.2, 0) is 11.2 Å². The molecular formula is C17H18N2O3. The summed E-state index contributed by atoms with van der Waals surface area (Å²) < 4.78 is 9.96. The third kappa shape index (κ3) is 3.85. The Hall–Kier alpha value is -2.82. The second kappa shape index (κ2) is 7.26. The molecule has 0 bridgehead atoms. The molecule has 0 saturated heterocycles. The van der Waals surface area contributed by atoms with Gasteiger partial charge in [0.1, 0.15) is 11.6 Å². The van der Waals surface area contributed by atoms with Crippen LogP contribution in [0.4, 0.5) is 5.69 Å². The summed E-state index contributed by atoms with van der Waals surface area (Å²) in [5.41, 5.74) is 1.99. The number of ether oxygens (including phenoxy) is 2. The first-order valence-electron chi connectivity index (χ1n) is 6.78. The topological polar surface area (TPSA) is 71.4 Å². The van der Waals surface area contributed by atoms with Crippen molar-refractivity contribution in [1.82, 2.24) is 0 Å². The van der Waals surface area contributed by atoms with Crippen LogP contribution in [0.3, 0.4) is 0 Å². The van der Waals surface area contributed by atoms with Gasteiger partial charge < -0.3 is 14.8 Å². The van der Waals surface area contributed by atoms with Gasteiger partial charge >= 0.3 is 5.97 Å². The van der Waals surface area contributed by atoms with E-state index in [1.54, 1.807) is 25.3 Å². The zero-order valence-corrected chi connectivity index (χ0v) is 12.6. The van der Waals surface area contributed by atoms with Gasteiger partial charge in [-0.1, -0.05) is 30.3 Å². The maximum atomic E-state index is 11.6. The number of hydrogen-bond acceptors (Lipinski definition) is 4. The summed E-state index contributed by atoms with van der Waals surface area (Å²) in [6.45, 7) is 0. The van der Waals surface area contributed by atoms with Crippen LogP contribution in [0.15, 0.2) is 48.5 Å². The number of anilines is 1. The molecule has 0 saturated carbocycles. The minimum absolute atomic E-state index is 0.312. The van der Waals surface area contributed by atoms with Crippen molar-refractivity contribution in [3.63, 3.8) is 0 Å². The Labute approximate surface area is 129 Å². The quantitative estimate of drug-likeness (QED) is 0.505. The van der Waals surface area contributed by atoms with E-state index in [0.29, 0.717) is 29.3 Å². The van der Waals surface area contributed by atoms with Gasteiger partial charge in [0.15, 0.2) is 0 Å². The van der Waals surface area contributed by atoms with Gasteiger partial charge in [-0.25, -0.2) is 4.79 Å². The van der Waals surface area contributed by atoms with Crippen molar-refractivity contribution in [2.45, 2.75) is 6.42 Å². The average Bonchev–Trinajstić information content (AvgIpc) is 2.54. The third-order valence-corrected chi connectivity index (χ3v) is 3.13. The highest BCUT2D eigenvalue weighted by molar-refractivity contribution is 5.98. The third-order valence-electron chi connectivity index (χ3n) is 3.13. The van der Waals surface area contributed by atoms with Crippen LogP contribution in [0, 0.1) is 5.41 Å². The molecule has 114 valence electrons. The number of carbonyl (C=O) groups excluding carboxylic acids is 1. The number of nitrogens with one attached hydrogen (secondary N) is 2. The SMILES string of the molecule is COC(=O)c1ccc(OC)c(NC(=N)Cc2ccccc2)c1. The summed E-state index contributed by atoms with van der Waals surface area (Å²) in [5.74, 6) is 0.442. The molecule has 0 aliphatic heterocycles. The Morgan fingerprint density at radius 3 is 2.50 bits per heavy atom. The Morgan fingerprint density at radius 1 is 1.14 bits per heavy atom. The number of rotatable bonds is 5. The molecule has 0 aliphatic carbocycles. The number of carbonyl (C=O) groups is 1. The van der Waals surface area contributed by atoms with E-state index in [4.69, 9.17) is 14.9 Å². The molecule has 0 atom stereocenters. The largest absolute Gasteiger partial charge is 0.495 e. The van der Waals surface area contributed by atoms with Crippen molar-refractivity contribution in [2.75, 3.05) is 19.5 Å². The number of esters is 1. The zero-order valence-electron chi connectivity index (χ0n) is 12.6. The molecular weight excluding hydrogens is 280 g/mol. The second-order valence-electron chi connectivity index (χ2n) is 4.67. The van der Waals surface area contributed by atoms with Crippen molar-refractivity contribution in [3.8, 4) is 5.75 Å². The van der Waals surface area contributed by atoms with E-state index in [-0.39, 0.29) is 0 Å². The first-order valence-corrected chi connectivity index (χ1v) is 6.78. The fourth-order valence-electron chi connectivity index (χ4n) is 2.06. The van der Waals surface area contributed by atoms with E-state index in [0.717, 1.165) is 5.56 Å². The van der Waals surface area contributed by atoms with E-state index in [1.165, 1.54) is 7.11 Å². The smallest absolute Gasteiger partial charge is 0.337 e.